The van der Waals surface area contributed by atoms with Gasteiger partial charge < -0.3 is 15.2 Å². The molecule has 1 aromatic heterocycles. The number of urea groups is 1. The molecule has 0 aliphatic heterocycles. The molecule has 1 heterocycles. The number of anilines is 1. The minimum Gasteiger partial charge on any atom is -0.497 e. The first kappa shape index (κ1) is 19.1. The van der Waals surface area contributed by atoms with Gasteiger partial charge in [0.25, 0.3) is 0 Å². The molecule has 0 aliphatic rings. The predicted octanol–water partition coefficient (Wildman–Crippen LogP) is 3.09. The molecule has 8 heteroatoms. The first-order chi connectivity index (χ1) is 13.6. The van der Waals surface area contributed by atoms with Crippen molar-refractivity contribution in [3.63, 3.8) is 0 Å². The number of amidine groups is 1. The first-order valence-corrected chi connectivity index (χ1v) is 8.59. The van der Waals surface area contributed by atoms with Gasteiger partial charge in [-0.25, -0.2) is 4.79 Å². The zero-order chi connectivity index (χ0) is 19.9. The lowest BCUT2D eigenvalue weighted by Crippen LogP contribution is -2.40. The van der Waals surface area contributed by atoms with E-state index in [2.05, 4.69) is 15.5 Å². The van der Waals surface area contributed by atoms with Crippen LogP contribution in [-0.2, 0) is 6.54 Å². The fourth-order valence-corrected chi connectivity index (χ4v) is 2.67. The quantitative estimate of drug-likeness (QED) is 0.389. The highest BCUT2D eigenvalue weighted by Crippen LogP contribution is 2.21. The van der Waals surface area contributed by atoms with E-state index in [0.717, 1.165) is 16.7 Å². The standard InChI is InChI=1S/C20H21N5O3/c1-28-18-4-2-3-14(9-18)12-25(19(21)13-26)20(27)24-17-7-5-15(6-8-17)16-10-22-23-11-16/h2-11,21,26H,12-13H2,1H3,(H,22,23)(H,24,27). The molecule has 0 fully saturated rings. The van der Waals surface area contributed by atoms with Crippen molar-refractivity contribution in [1.29, 1.82) is 5.41 Å². The third-order valence-corrected chi connectivity index (χ3v) is 4.16. The van der Waals surface area contributed by atoms with Gasteiger partial charge in [0.05, 0.1) is 19.9 Å². The number of amides is 2. The van der Waals surface area contributed by atoms with E-state index < -0.39 is 12.6 Å². The smallest absolute Gasteiger partial charge is 0.327 e. The number of aliphatic hydroxyl groups excluding tert-OH is 1. The van der Waals surface area contributed by atoms with E-state index in [0.29, 0.717) is 11.4 Å². The van der Waals surface area contributed by atoms with Crippen molar-refractivity contribution in [2.45, 2.75) is 6.54 Å². The van der Waals surface area contributed by atoms with Crippen LogP contribution < -0.4 is 10.1 Å². The number of H-pyrrole nitrogens is 1. The number of nitrogens with zero attached hydrogens (tertiary/aromatic N) is 2. The largest absolute Gasteiger partial charge is 0.497 e. The molecule has 8 nitrogen and oxygen atoms in total. The molecular formula is C20H21N5O3. The Balaban J connectivity index is 1.73. The van der Waals surface area contributed by atoms with Crippen molar-refractivity contribution < 1.29 is 14.6 Å². The normalized spacial score (nSPS) is 10.4. The maximum atomic E-state index is 12.7. The molecule has 0 saturated carbocycles. The van der Waals surface area contributed by atoms with Gasteiger partial charge in [-0.3, -0.25) is 15.4 Å². The van der Waals surface area contributed by atoms with Gasteiger partial charge in [0.1, 0.15) is 18.2 Å². The second kappa shape index (κ2) is 8.83. The third kappa shape index (κ3) is 4.54. The fraction of sp³-hybridized carbons (Fsp3) is 0.150. The number of hydrogen-bond acceptors (Lipinski definition) is 5. The van der Waals surface area contributed by atoms with Gasteiger partial charge >= 0.3 is 6.03 Å². The number of rotatable bonds is 6. The van der Waals surface area contributed by atoms with Gasteiger partial charge in [-0.05, 0) is 35.4 Å². The topological polar surface area (TPSA) is 114 Å². The minimum absolute atomic E-state index is 0.134. The number of carbonyl (C=O) groups is 1. The van der Waals surface area contributed by atoms with Gasteiger partial charge in [0.2, 0.25) is 0 Å². The number of aromatic amines is 1. The summed E-state index contributed by atoms with van der Waals surface area (Å²) >= 11 is 0. The number of hydrogen-bond donors (Lipinski definition) is 4. The summed E-state index contributed by atoms with van der Waals surface area (Å²) in [5.74, 6) is 0.457. The molecule has 3 rings (SSSR count). The molecule has 2 aromatic carbocycles. The van der Waals surface area contributed by atoms with Crippen molar-refractivity contribution >= 4 is 17.6 Å². The molecule has 4 N–H and O–H groups in total. The van der Waals surface area contributed by atoms with E-state index in [-0.39, 0.29) is 12.4 Å². The average Bonchev–Trinajstić information content (AvgIpc) is 3.27. The molecule has 0 unspecified atom stereocenters. The number of carbonyl (C=O) groups excluding carboxylic acids is 1. The zero-order valence-corrected chi connectivity index (χ0v) is 15.3. The molecular weight excluding hydrogens is 358 g/mol. The highest BCUT2D eigenvalue weighted by atomic mass is 16.5. The number of methoxy groups -OCH3 is 1. The van der Waals surface area contributed by atoms with Gasteiger partial charge in [0.15, 0.2) is 0 Å². The van der Waals surface area contributed by atoms with Crippen LogP contribution in [-0.4, -0.2) is 45.8 Å². The lowest BCUT2D eigenvalue weighted by atomic mass is 10.1. The van der Waals surface area contributed by atoms with Gasteiger partial charge in [0, 0.05) is 17.4 Å². The van der Waals surface area contributed by atoms with Gasteiger partial charge in [-0.15, -0.1) is 0 Å². The van der Waals surface area contributed by atoms with Crippen LogP contribution in [0.4, 0.5) is 10.5 Å². The Hall–Kier alpha value is -3.65. The molecule has 2 amide bonds. The summed E-state index contributed by atoms with van der Waals surface area (Å²) < 4.78 is 5.19. The monoisotopic (exact) mass is 379 g/mol. The lowest BCUT2D eigenvalue weighted by molar-refractivity contribution is 0.228. The molecule has 0 bridgehead atoms. The summed E-state index contributed by atoms with van der Waals surface area (Å²) in [6.07, 6.45) is 3.50. The molecule has 0 saturated heterocycles. The van der Waals surface area contributed by atoms with E-state index in [4.69, 9.17) is 10.1 Å². The fourth-order valence-electron chi connectivity index (χ4n) is 2.67. The Labute approximate surface area is 162 Å². The van der Waals surface area contributed by atoms with E-state index in [1.807, 2.05) is 18.2 Å². The highest BCUT2D eigenvalue weighted by molar-refractivity contribution is 6.02. The minimum atomic E-state index is -0.545. The van der Waals surface area contributed by atoms with Crippen LogP contribution in [0.5, 0.6) is 5.75 Å². The average molecular weight is 379 g/mol. The van der Waals surface area contributed by atoms with Crippen molar-refractivity contribution in [3.05, 3.63) is 66.5 Å². The second-order valence-corrected chi connectivity index (χ2v) is 6.04. The molecule has 0 radical (unpaired) electrons. The van der Waals surface area contributed by atoms with Crippen molar-refractivity contribution in [1.82, 2.24) is 15.1 Å². The summed E-state index contributed by atoms with van der Waals surface area (Å²) in [6.45, 7) is -0.410. The predicted molar refractivity (Wildman–Crippen MR) is 106 cm³/mol. The van der Waals surface area contributed by atoms with Crippen LogP contribution in [0.15, 0.2) is 60.9 Å². The maximum absolute atomic E-state index is 12.7. The van der Waals surface area contributed by atoms with Gasteiger partial charge in [-0.2, -0.15) is 5.10 Å². The Bertz CT molecular complexity index is 939. The second-order valence-electron chi connectivity index (χ2n) is 6.04. The number of aliphatic hydroxyl groups is 1. The first-order valence-electron chi connectivity index (χ1n) is 8.59. The van der Waals surface area contributed by atoms with Crippen LogP contribution >= 0.6 is 0 Å². The van der Waals surface area contributed by atoms with Crippen LogP contribution in [0.1, 0.15) is 5.56 Å². The molecule has 28 heavy (non-hydrogen) atoms. The summed E-state index contributed by atoms with van der Waals surface area (Å²) in [5.41, 5.74) is 3.27. The summed E-state index contributed by atoms with van der Waals surface area (Å²) in [4.78, 5) is 13.9. The third-order valence-electron chi connectivity index (χ3n) is 4.16. The van der Waals surface area contributed by atoms with Gasteiger partial charge in [-0.1, -0.05) is 24.3 Å². The van der Waals surface area contributed by atoms with Crippen molar-refractivity contribution in [2.24, 2.45) is 0 Å². The number of benzene rings is 2. The number of ether oxygens (including phenoxy) is 1. The number of aromatic nitrogens is 2. The molecule has 0 atom stereocenters. The Morgan fingerprint density at radius 3 is 2.68 bits per heavy atom. The lowest BCUT2D eigenvalue weighted by Gasteiger charge is -2.23. The van der Waals surface area contributed by atoms with E-state index in [9.17, 15) is 9.90 Å². The molecule has 0 aliphatic carbocycles. The SMILES string of the molecule is COc1cccc(CN(C(=N)CO)C(=O)Nc2ccc(-c3cn[nH]c3)cc2)c1. The maximum Gasteiger partial charge on any atom is 0.327 e. The molecule has 144 valence electrons. The van der Waals surface area contributed by atoms with Crippen molar-refractivity contribution in [3.8, 4) is 16.9 Å². The van der Waals surface area contributed by atoms with E-state index in [1.165, 1.54) is 4.90 Å². The molecule has 0 spiro atoms. The van der Waals surface area contributed by atoms with Crippen LogP contribution in [0.2, 0.25) is 0 Å². The van der Waals surface area contributed by atoms with E-state index in [1.54, 1.807) is 49.8 Å². The van der Waals surface area contributed by atoms with E-state index >= 15 is 0 Å². The summed E-state index contributed by atoms with van der Waals surface area (Å²) in [7, 11) is 1.56. The summed E-state index contributed by atoms with van der Waals surface area (Å²) in [6, 6.07) is 14.0. The number of nitrogens with one attached hydrogen (secondary N) is 3. The van der Waals surface area contributed by atoms with Crippen LogP contribution in [0, 0.1) is 5.41 Å². The Kier molecular flexibility index (Phi) is 6.03. The molecule has 3 aromatic rings. The van der Waals surface area contributed by atoms with Crippen LogP contribution in [0.25, 0.3) is 11.1 Å². The van der Waals surface area contributed by atoms with Crippen molar-refractivity contribution in [2.75, 3.05) is 19.0 Å². The van der Waals surface area contributed by atoms with Crippen LogP contribution in [0.3, 0.4) is 0 Å². The Morgan fingerprint density at radius 2 is 2.04 bits per heavy atom. The Morgan fingerprint density at radius 1 is 1.25 bits per heavy atom. The highest BCUT2D eigenvalue weighted by Gasteiger charge is 2.19. The zero-order valence-electron chi connectivity index (χ0n) is 15.3. The summed E-state index contributed by atoms with van der Waals surface area (Å²) in [5, 5.41) is 26.7.